The Hall–Kier alpha value is -0.580. The lowest BCUT2D eigenvalue weighted by Gasteiger charge is -2.11. The average molecular weight is 302 g/mol. The first-order chi connectivity index (χ1) is 7.88. The number of nitrogens with one attached hydrogen (secondary N) is 1. The van der Waals surface area contributed by atoms with Crippen LogP contribution in [0.3, 0.4) is 0 Å². The van der Waals surface area contributed by atoms with E-state index in [1.807, 2.05) is 12.1 Å². The minimum absolute atomic E-state index is 0. The molecule has 1 heterocycles. The van der Waals surface area contributed by atoms with Crippen LogP contribution in [0.4, 0.5) is 0 Å². The number of hydrogen-bond donors (Lipinski definition) is 1. The van der Waals surface area contributed by atoms with E-state index in [9.17, 15) is 0 Å². The molecule has 0 bridgehead atoms. The van der Waals surface area contributed by atoms with Crippen LogP contribution >= 0.6 is 17.0 Å². The molecule has 1 saturated heterocycles. The monoisotopic (exact) mass is 301 g/mol. The predicted molar refractivity (Wildman–Crippen MR) is 74.0 cm³/mol. The molecule has 0 saturated carbocycles. The fraction of sp³-hybridized carbons (Fsp3) is 0.538. The van der Waals surface area contributed by atoms with E-state index in [-0.39, 0.29) is 17.0 Å². The first-order valence-corrected chi connectivity index (χ1v) is 5.84. The van der Waals surface area contributed by atoms with Gasteiger partial charge in [0.2, 0.25) is 0 Å². The van der Waals surface area contributed by atoms with Crippen molar-refractivity contribution in [2.75, 3.05) is 20.3 Å². The third-order valence-electron chi connectivity index (χ3n) is 2.86. The molecule has 17 heavy (non-hydrogen) atoms. The summed E-state index contributed by atoms with van der Waals surface area (Å²) in [5.41, 5.74) is 1.25. The zero-order valence-electron chi connectivity index (χ0n) is 10.1. The molecule has 1 N–H and O–H groups in total. The third-order valence-corrected chi connectivity index (χ3v) is 2.86. The van der Waals surface area contributed by atoms with Crippen LogP contribution in [0, 0.1) is 0 Å². The molecular formula is C13H20BrNO2. The molecule has 1 unspecified atom stereocenters. The molecule has 1 atom stereocenters. The summed E-state index contributed by atoms with van der Waals surface area (Å²) in [6.45, 7) is 2.74. The van der Waals surface area contributed by atoms with Gasteiger partial charge in [0, 0.05) is 19.7 Å². The first-order valence-electron chi connectivity index (χ1n) is 5.84. The Morgan fingerprint density at radius 3 is 3.06 bits per heavy atom. The molecular weight excluding hydrogens is 282 g/mol. The van der Waals surface area contributed by atoms with Gasteiger partial charge in [0.15, 0.2) is 0 Å². The van der Waals surface area contributed by atoms with Crippen LogP contribution in [0.15, 0.2) is 24.3 Å². The van der Waals surface area contributed by atoms with Crippen molar-refractivity contribution in [1.29, 1.82) is 0 Å². The van der Waals surface area contributed by atoms with Crippen molar-refractivity contribution in [1.82, 2.24) is 5.32 Å². The van der Waals surface area contributed by atoms with Gasteiger partial charge in [-0.15, -0.1) is 17.0 Å². The summed E-state index contributed by atoms with van der Waals surface area (Å²) < 4.78 is 10.7. The Kier molecular flexibility index (Phi) is 6.55. The molecule has 1 aliphatic rings. The normalized spacial score (nSPS) is 18.8. The molecule has 0 aliphatic carbocycles. The van der Waals surface area contributed by atoms with Crippen molar-refractivity contribution >= 4 is 17.0 Å². The zero-order valence-corrected chi connectivity index (χ0v) is 11.9. The number of ether oxygens (including phenoxy) is 2. The van der Waals surface area contributed by atoms with Gasteiger partial charge < -0.3 is 14.8 Å². The van der Waals surface area contributed by atoms with Crippen LogP contribution in [0.1, 0.15) is 18.4 Å². The molecule has 0 aromatic heterocycles. The summed E-state index contributed by atoms with van der Waals surface area (Å²) in [5.74, 6) is 0.913. The first kappa shape index (κ1) is 14.5. The van der Waals surface area contributed by atoms with Gasteiger partial charge >= 0.3 is 0 Å². The van der Waals surface area contributed by atoms with E-state index in [1.165, 1.54) is 18.4 Å². The minimum atomic E-state index is 0. The lowest BCUT2D eigenvalue weighted by Crippen LogP contribution is -2.25. The molecule has 0 amide bonds. The smallest absolute Gasteiger partial charge is 0.119 e. The van der Waals surface area contributed by atoms with Gasteiger partial charge in [0.1, 0.15) is 5.75 Å². The molecule has 1 aromatic rings. The topological polar surface area (TPSA) is 30.5 Å². The van der Waals surface area contributed by atoms with Crippen molar-refractivity contribution in [2.45, 2.75) is 25.5 Å². The van der Waals surface area contributed by atoms with Crippen LogP contribution in [0.5, 0.6) is 5.75 Å². The second kappa shape index (κ2) is 7.69. The Labute approximate surface area is 113 Å². The van der Waals surface area contributed by atoms with Gasteiger partial charge in [-0.1, -0.05) is 12.1 Å². The summed E-state index contributed by atoms with van der Waals surface area (Å²) in [5, 5.41) is 3.41. The van der Waals surface area contributed by atoms with Crippen LogP contribution in [0.25, 0.3) is 0 Å². The fourth-order valence-corrected chi connectivity index (χ4v) is 1.97. The van der Waals surface area contributed by atoms with E-state index in [0.717, 1.165) is 25.4 Å². The van der Waals surface area contributed by atoms with Gasteiger partial charge in [-0.05, 0) is 30.5 Å². The fourth-order valence-electron chi connectivity index (χ4n) is 1.97. The van der Waals surface area contributed by atoms with Crippen LogP contribution in [-0.2, 0) is 11.3 Å². The lowest BCUT2D eigenvalue weighted by molar-refractivity contribution is 0.110. The maximum Gasteiger partial charge on any atom is 0.119 e. The largest absolute Gasteiger partial charge is 0.497 e. The summed E-state index contributed by atoms with van der Waals surface area (Å²) in [6, 6.07) is 8.14. The molecule has 2 rings (SSSR count). The summed E-state index contributed by atoms with van der Waals surface area (Å²) in [4.78, 5) is 0. The number of methoxy groups -OCH3 is 1. The maximum absolute atomic E-state index is 5.55. The van der Waals surface area contributed by atoms with Crippen molar-refractivity contribution < 1.29 is 9.47 Å². The standard InChI is InChI=1S/C13H19NO2.BrH/c1-15-12-5-2-4-11(8-12)9-14-10-13-6-3-7-16-13;/h2,4-5,8,13-14H,3,6-7,9-10H2,1H3;1H. The van der Waals surface area contributed by atoms with Crippen LogP contribution < -0.4 is 10.1 Å². The van der Waals surface area contributed by atoms with Gasteiger partial charge in [0.25, 0.3) is 0 Å². The SMILES string of the molecule is Br.COc1cccc(CNCC2CCCO2)c1. The molecule has 0 radical (unpaired) electrons. The van der Waals surface area contributed by atoms with E-state index in [0.29, 0.717) is 6.10 Å². The quantitative estimate of drug-likeness (QED) is 0.907. The Balaban J connectivity index is 0.00000144. The number of rotatable bonds is 5. The molecule has 4 heteroatoms. The summed E-state index contributed by atoms with van der Waals surface area (Å²) in [6.07, 6.45) is 2.79. The molecule has 1 aliphatic heterocycles. The Bertz CT molecular complexity index is 327. The van der Waals surface area contributed by atoms with Crippen LogP contribution in [0.2, 0.25) is 0 Å². The second-order valence-electron chi connectivity index (χ2n) is 4.12. The van der Waals surface area contributed by atoms with Gasteiger partial charge in [-0.25, -0.2) is 0 Å². The minimum Gasteiger partial charge on any atom is -0.497 e. The Morgan fingerprint density at radius 1 is 1.47 bits per heavy atom. The number of benzene rings is 1. The highest BCUT2D eigenvalue weighted by Crippen LogP contribution is 2.13. The second-order valence-corrected chi connectivity index (χ2v) is 4.12. The highest BCUT2D eigenvalue weighted by atomic mass is 79.9. The average Bonchev–Trinajstić information content (AvgIpc) is 2.82. The molecule has 1 fully saturated rings. The highest BCUT2D eigenvalue weighted by molar-refractivity contribution is 8.93. The van der Waals surface area contributed by atoms with E-state index in [4.69, 9.17) is 9.47 Å². The Morgan fingerprint density at radius 2 is 2.35 bits per heavy atom. The van der Waals surface area contributed by atoms with E-state index >= 15 is 0 Å². The third kappa shape index (κ3) is 4.66. The van der Waals surface area contributed by atoms with Crippen molar-refractivity contribution in [3.63, 3.8) is 0 Å². The highest BCUT2D eigenvalue weighted by Gasteiger charge is 2.14. The van der Waals surface area contributed by atoms with E-state index < -0.39 is 0 Å². The van der Waals surface area contributed by atoms with E-state index in [1.54, 1.807) is 7.11 Å². The summed E-state index contributed by atoms with van der Waals surface area (Å²) in [7, 11) is 1.69. The molecule has 1 aromatic carbocycles. The van der Waals surface area contributed by atoms with E-state index in [2.05, 4.69) is 17.4 Å². The molecule has 96 valence electrons. The number of hydrogen-bond acceptors (Lipinski definition) is 3. The summed E-state index contributed by atoms with van der Waals surface area (Å²) >= 11 is 0. The lowest BCUT2D eigenvalue weighted by atomic mass is 10.2. The molecule has 3 nitrogen and oxygen atoms in total. The van der Waals surface area contributed by atoms with Crippen LogP contribution in [-0.4, -0.2) is 26.4 Å². The van der Waals surface area contributed by atoms with Gasteiger partial charge in [0.05, 0.1) is 13.2 Å². The molecule has 0 spiro atoms. The zero-order chi connectivity index (χ0) is 11.2. The van der Waals surface area contributed by atoms with Crippen molar-refractivity contribution in [2.24, 2.45) is 0 Å². The van der Waals surface area contributed by atoms with Gasteiger partial charge in [-0.2, -0.15) is 0 Å². The maximum atomic E-state index is 5.55. The predicted octanol–water partition coefficient (Wildman–Crippen LogP) is 2.54. The number of halogens is 1. The van der Waals surface area contributed by atoms with Crippen molar-refractivity contribution in [3.8, 4) is 5.75 Å². The van der Waals surface area contributed by atoms with Crippen molar-refractivity contribution in [3.05, 3.63) is 29.8 Å². The van der Waals surface area contributed by atoms with Gasteiger partial charge in [-0.3, -0.25) is 0 Å².